The second-order valence-electron chi connectivity index (χ2n) is 6.35. The lowest BCUT2D eigenvalue weighted by atomic mass is 10.1. The zero-order valence-electron chi connectivity index (χ0n) is 12.8. The van der Waals surface area contributed by atoms with Crippen molar-refractivity contribution in [3.63, 3.8) is 0 Å². The zero-order chi connectivity index (χ0) is 15.5. The number of nitrogens with zero attached hydrogens (tertiary/aromatic N) is 1. The van der Waals surface area contributed by atoms with Crippen LogP contribution in [0.1, 0.15) is 27.2 Å². The molecule has 0 unspecified atom stereocenters. The number of amides is 1. The lowest BCUT2D eigenvalue weighted by molar-refractivity contribution is 0.0285. The molecule has 0 bridgehead atoms. The van der Waals surface area contributed by atoms with Crippen LogP contribution >= 0.6 is 15.9 Å². The Balaban J connectivity index is 1.79. The fourth-order valence-corrected chi connectivity index (χ4v) is 2.61. The number of hydrogen-bond acceptors (Lipinski definition) is 3. The summed E-state index contributed by atoms with van der Waals surface area (Å²) < 4.78 is 12.2. The molecule has 1 saturated heterocycles. The SMILES string of the molecule is CC(C)(C)OC(=O)N1CC[C@@H](COc2cccc(Br)c2)C1. The molecule has 0 N–H and O–H groups in total. The molecule has 0 spiro atoms. The van der Waals surface area contributed by atoms with Crippen molar-refractivity contribution in [3.05, 3.63) is 28.7 Å². The molecule has 1 atom stereocenters. The molecule has 1 amide bonds. The van der Waals surface area contributed by atoms with Crippen molar-refractivity contribution >= 4 is 22.0 Å². The monoisotopic (exact) mass is 355 g/mol. The van der Waals surface area contributed by atoms with Crippen molar-refractivity contribution in [2.24, 2.45) is 5.92 Å². The maximum atomic E-state index is 12.0. The maximum absolute atomic E-state index is 12.0. The van der Waals surface area contributed by atoms with Crippen LogP contribution < -0.4 is 4.74 Å². The Morgan fingerprint density at radius 1 is 1.43 bits per heavy atom. The van der Waals surface area contributed by atoms with Crippen LogP contribution in [0.15, 0.2) is 28.7 Å². The van der Waals surface area contributed by atoms with E-state index in [0.717, 1.165) is 23.2 Å². The third kappa shape index (κ3) is 5.23. The highest BCUT2D eigenvalue weighted by Gasteiger charge is 2.30. The molecular formula is C16H22BrNO3. The highest BCUT2D eigenvalue weighted by Crippen LogP contribution is 2.22. The number of likely N-dealkylation sites (tertiary alicyclic amines) is 1. The molecule has 0 radical (unpaired) electrons. The Hall–Kier alpha value is -1.23. The third-order valence-electron chi connectivity index (χ3n) is 3.22. The molecule has 1 fully saturated rings. The minimum absolute atomic E-state index is 0.229. The van der Waals surface area contributed by atoms with E-state index in [2.05, 4.69) is 15.9 Å². The van der Waals surface area contributed by atoms with Gasteiger partial charge in [-0.05, 0) is 45.4 Å². The highest BCUT2D eigenvalue weighted by atomic mass is 79.9. The highest BCUT2D eigenvalue weighted by molar-refractivity contribution is 9.10. The molecule has 0 aliphatic carbocycles. The van der Waals surface area contributed by atoms with Gasteiger partial charge in [0.1, 0.15) is 11.4 Å². The Morgan fingerprint density at radius 2 is 2.19 bits per heavy atom. The number of ether oxygens (including phenoxy) is 2. The van der Waals surface area contributed by atoms with Gasteiger partial charge in [-0.3, -0.25) is 0 Å². The Labute approximate surface area is 134 Å². The molecule has 0 saturated carbocycles. The maximum Gasteiger partial charge on any atom is 0.410 e. The van der Waals surface area contributed by atoms with Crippen LogP contribution in [0.3, 0.4) is 0 Å². The van der Waals surface area contributed by atoms with Crippen LogP contribution in [-0.2, 0) is 4.74 Å². The van der Waals surface area contributed by atoms with E-state index >= 15 is 0 Å². The molecule has 4 nitrogen and oxygen atoms in total. The molecule has 2 rings (SSSR count). The molecule has 116 valence electrons. The molecule has 1 aliphatic rings. The van der Waals surface area contributed by atoms with Crippen LogP contribution in [0.25, 0.3) is 0 Å². The van der Waals surface area contributed by atoms with Crippen LogP contribution in [-0.4, -0.2) is 36.3 Å². The van der Waals surface area contributed by atoms with Gasteiger partial charge in [0, 0.05) is 23.5 Å². The van der Waals surface area contributed by atoms with Gasteiger partial charge in [0.15, 0.2) is 0 Å². The molecule has 1 aromatic carbocycles. The van der Waals surface area contributed by atoms with Gasteiger partial charge in [-0.2, -0.15) is 0 Å². The first kappa shape index (κ1) is 16.1. The number of carbonyl (C=O) groups is 1. The number of halogens is 1. The fourth-order valence-electron chi connectivity index (χ4n) is 2.23. The van der Waals surface area contributed by atoms with Gasteiger partial charge >= 0.3 is 6.09 Å². The van der Waals surface area contributed by atoms with Gasteiger partial charge in [0.25, 0.3) is 0 Å². The molecule has 5 heteroatoms. The van der Waals surface area contributed by atoms with Gasteiger partial charge in [-0.1, -0.05) is 22.0 Å². The third-order valence-corrected chi connectivity index (χ3v) is 3.71. The number of rotatable bonds is 3. The summed E-state index contributed by atoms with van der Waals surface area (Å²) in [6.45, 7) is 7.71. The van der Waals surface area contributed by atoms with Gasteiger partial charge in [-0.15, -0.1) is 0 Å². The number of hydrogen-bond donors (Lipinski definition) is 0. The number of benzene rings is 1. The summed E-state index contributed by atoms with van der Waals surface area (Å²) in [6.07, 6.45) is 0.722. The minimum Gasteiger partial charge on any atom is -0.493 e. The smallest absolute Gasteiger partial charge is 0.410 e. The predicted octanol–water partition coefficient (Wildman–Crippen LogP) is 4.08. The summed E-state index contributed by atoms with van der Waals surface area (Å²) in [5.74, 6) is 1.21. The average Bonchev–Trinajstić information content (AvgIpc) is 2.83. The summed E-state index contributed by atoms with van der Waals surface area (Å²) >= 11 is 3.42. The average molecular weight is 356 g/mol. The van der Waals surface area contributed by atoms with E-state index in [1.165, 1.54) is 0 Å². The molecule has 1 aliphatic heterocycles. The zero-order valence-corrected chi connectivity index (χ0v) is 14.4. The van der Waals surface area contributed by atoms with E-state index in [1.807, 2.05) is 45.0 Å². The molecule has 21 heavy (non-hydrogen) atoms. The van der Waals surface area contributed by atoms with E-state index in [9.17, 15) is 4.79 Å². The first-order valence-electron chi connectivity index (χ1n) is 7.20. The predicted molar refractivity (Wildman–Crippen MR) is 85.6 cm³/mol. The van der Waals surface area contributed by atoms with Crippen LogP contribution in [0.2, 0.25) is 0 Å². The van der Waals surface area contributed by atoms with E-state index in [-0.39, 0.29) is 6.09 Å². The summed E-state index contributed by atoms with van der Waals surface area (Å²) in [6, 6.07) is 7.79. The molecule has 1 aromatic rings. The fraction of sp³-hybridized carbons (Fsp3) is 0.562. The van der Waals surface area contributed by atoms with E-state index in [1.54, 1.807) is 4.90 Å². The van der Waals surface area contributed by atoms with Crippen molar-refractivity contribution in [1.82, 2.24) is 4.90 Å². The van der Waals surface area contributed by atoms with Gasteiger partial charge in [0.05, 0.1) is 6.61 Å². The second-order valence-corrected chi connectivity index (χ2v) is 7.27. The number of carbonyl (C=O) groups excluding carboxylic acids is 1. The Morgan fingerprint density at radius 3 is 2.86 bits per heavy atom. The second kappa shape index (κ2) is 6.69. The largest absolute Gasteiger partial charge is 0.493 e. The first-order chi connectivity index (χ1) is 9.83. The van der Waals surface area contributed by atoms with Crippen molar-refractivity contribution in [2.75, 3.05) is 19.7 Å². The van der Waals surface area contributed by atoms with Gasteiger partial charge < -0.3 is 14.4 Å². The lowest BCUT2D eigenvalue weighted by Crippen LogP contribution is -2.35. The Bertz CT molecular complexity index is 499. The molecule has 1 heterocycles. The molecule has 0 aromatic heterocycles. The molecular weight excluding hydrogens is 334 g/mol. The van der Waals surface area contributed by atoms with E-state index in [4.69, 9.17) is 9.47 Å². The van der Waals surface area contributed by atoms with Crippen molar-refractivity contribution in [3.8, 4) is 5.75 Å². The van der Waals surface area contributed by atoms with Crippen molar-refractivity contribution in [1.29, 1.82) is 0 Å². The normalized spacial score (nSPS) is 18.7. The van der Waals surface area contributed by atoms with Crippen LogP contribution in [0, 0.1) is 5.92 Å². The van der Waals surface area contributed by atoms with Crippen molar-refractivity contribution < 1.29 is 14.3 Å². The van der Waals surface area contributed by atoms with Crippen LogP contribution in [0.5, 0.6) is 5.75 Å². The van der Waals surface area contributed by atoms with Gasteiger partial charge in [-0.25, -0.2) is 4.79 Å². The lowest BCUT2D eigenvalue weighted by Gasteiger charge is -2.24. The van der Waals surface area contributed by atoms with Gasteiger partial charge in [0.2, 0.25) is 0 Å². The van der Waals surface area contributed by atoms with E-state index < -0.39 is 5.60 Å². The summed E-state index contributed by atoms with van der Waals surface area (Å²) in [5.41, 5.74) is -0.442. The summed E-state index contributed by atoms with van der Waals surface area (Å²) in [7, 11) is 0. The minimum atomic E-state index is -0.442. The summed E-state index contributed by atoms with van der Waals surface area (Å²) in [4.78, 5) is 13.7. The van der Waals surface area contributed by atoms with Crippen molar-refractivity contribution in [2.45, 2.75) is 32.8 Å². The quantitative estimate of drug-likeness (QED) is 0.819. The Kier molecular flexibility index (Phi) is 5.14. The van der Waals surface area contributed by atoms with Crippen LogP contribution in [0.4, 0.5) is 4.79 Å². The van der Waals surface area contributed by atoms with E-state index in [0.29, 0.717) is 19.1 Å². The topological polar surface area (TPSA) is 38.8 Å². The standard InChI is InChI=1S/C16H22BrNO3/c1-16(2,3)21-15(19)18-8-7-12(10-18)11-20-14-6-4-5-13(17)9-14/h4-6,9,12H,7-8,10-11H2,1-3H3/t12-/m1/s1. The summed E-state index contributed by atoms with van der Waals surface area (Å²) in [5, 5.41) is 0. The first-order valence-corrected chi connectivity index (χ1v) is 7.99.